The summed E-state index contributed by atoms with van der Waals surface area (Å²) in [6, 6.07) is 15.3. The zero-order valence-corrected chi connectivity index (χ0v) is 17.7. The first kappa shape index (κ1) is 19.5. The second-order valence-corrected chi connectivity index (χ2v) is 8.11. The number of nitrogens with zero attached hydrogens (tertiary/aromatic N) is 4. The summed E-state index contributed by atoms with van der Waals surface area (Å²) in [5, 5.41) is 4.92. The second-order valence-electron chi connectivity index (χ2n) is 6.26. The van der Waals surface area contributed by atoms with Gasteiger partial charge in [-0.3, -0.25) is 14.4 Å². The Labute approximate surface area is 177 Å². The molecule has 2 aromatic heterocycles. The van der Waals surface area contributed by atoms with Gasteiger partial charge >= 0.3 is 0 Å². The van der Waals surface area contributed by atoms with Crippen LogP contribution in [0, 0.1) is 0 Å². The number of aromatic nitrogens is 3. The fourth-order valence-electron chi connectivity index (χ4n) is 3.02. The van der Waals surface area contributed by atoms with Crippen LogP contribution in [0.15, 0.2) is 65.8 Å². The molecule has 4 rings (SSSR count). The van der Waals surface area contributed by atoms with Crippen molar-refractivity contribution in [1.29, 1.82) is 0 Å². The summed E-state index contributed by atoms with van der Waals surface area (Å²) in [6.45, 7) is 1.06. The fourth-order valence-corrected chi connectivity index (χ4v) is 4.63. The molecule has 0 spiro atoms. The summed E-state index contributed by atoms with van der Waals surface area (Å²) in [5.41, 5.74) is 1.53. The molecule has 2 aromatic carbocycles. The lowest BCUT2D eigenvalue weighted by molar-refractivity contribution is 0.0983. The summed E-state index contributed by atoms with van der Waals surface area (Å²) >= 11 is 3.05. The summed E-state index contributed by atoms with van der Waals surface area (Å²) in [7, 11) is 1.64. The number of ether oxygens (including phenoxy) is 1. The smallest absolute Gasteiger partial charge is 0.261 e. The van der Waals surface area contributed by atoms with Gasteiger partial charge in [-0.2, -0.15) is 5.10 Å². The Morgan fingerprint density at radius 2 is 2.10 bits per heavy atom. The van der Waals surface area contributed by atoms with E-state index in [0.29, 0.717) is 23.8 Å². The van der Waals surface area contributed by atoms with E-state index in [9.17, 15) is 4.79 Å². The lowest BCUT2D eigenvalue weighted by Gasteiger charge is -2.21. The van der Waals surface area contributed by atoms with Crippen LogP contribution in [-0.2, 0) is 6.54 Å². The van der Waals surface area contributed by atoms with Gasteiger partial charge in [-0.05, 0) is 42.7 Å². The van der Waals surface area contributed by atoms with Crippen molar-refractivity contribution in [2.24, 2.45) is 0 Å². The van der Waals surface area contributed by atoms with Crippen LogP contribution in [0.3, 0.4) is 0 Å². The quantitative estimate of drug-likeness (QED) is 0.407. The number of rotatable bonds is 7. The Morgan fingerprint density at radius 1 is 1.24 bits per heavy atom. The highest BCUT2D eigenvalue weighted by atomic mass is 32.2. The number of hydrogen-bond donors (Lipinski definition) is 0. The number of carbonyl (C=O) groups excluding carboxylic acids is 1. The number of hydrogen-bond acceptors (Lipinski definition) is 6. The molecule has 0 saturated carbocycles. The van der Waals surface area contributed by atoms with Crippen LogP contribution in [-0.4, -0.2) is 40.6 Å². The van der Waals surface area contributed by atoms with Gasteiger partial charge in [0.1, 0.15) is 5.75 Å². The van der Waals surface area contributed by atoms with Crippen molar-refractivity contribution in [1.82, 2.24) is 14.8 Å². The lowest BCUT2D eigenvalue weighted by Crippen LogP contribution is -2.34. The van der Waals surface area contributed by atoms with Gasteiger partial charge in [-0.25, -0.2) is 4.98 Å². The third-order valence-electron chi connectivity index (χ3n) is 4.51. The normalized spacial score (nSPS) is 11.0. The topological polar surface area (TPSA) is 60.2 Å². The van der Waals surface area contributed by atoms with Crippen LogP contribution in [0.1, 0.15) is 10.4 Å². The van der Waals surface area contributed by atoms with Gasteiger partial charge in [0, 0.05) is 23.8 Å². The molecule has 2 heterocycles. The third kappa shape index (κ3) is 4.13. The van der Waals surface area contributed by atoms with E-state index in [4.69, 9.17) is 9.72 Å². The van der Waals surface area contributed by atoms with Gasteiger partial charge in [0.25, 0.3) is 5.91 Å². The standard InChI is InChI=1S/C21H20N4O2S2/c1-27-15-8-9-17-19(14-15)29-21(23-17)25(13-12-24-11-5-10-22-24)20(26)16-6-3-4-7-18(16)28-2/h3-11,14H,12-13H2,1-2H3. The first-order chi connectivity index (χ1) is 14.2. The van der Waals surface area contributed by atoms with Crippen LogP contribution in [0.4, 0.5) is 5.13 Å². The molecular formula is C21H20N4O2S2. The molecule has 0 aliphatic carbocycles. The predicted octanol–water partition coefficient (Wildman–Crippen LogP) is 4.57. The molecule has 148 valence electrons. The number of thiazole rings is 1. The predicted molar refractivity (Wildman–Crippen MR) is 118 cm³/mol. The van der Waals surface area contributed by atoms with Gasteiger partial charge in [0.05, 0.1) is 29.4 Å². The molecule has 0 fully saturated rings. The SMILES string of the molecule is COc1ccc2nc(N(CCn3cccn3)C(=O)c3ccccc3SC)sc2c1. The number of benzene rings is 2. The first-order valence-corrected chi connectivity index (χ1v) is 11.1. The number of anilines is 1. The van der Waals surface area contributed by atoms with Gasteiger partial charge in [-0.15, -0.1) is 11.8 Å². The zero-order valence-electron chi connectivity index (χ0n) is 16.1. The average Bonchev–Trinajstić information content (AvgIpc) is 3.42. The third-order valence-corrected chi connectivity index (χ3v) is 6.35. The van der Waals surface area contributed by atoms with E-state index < -0.39 is 0 Å². The molecule has 0 unspecified atom stereocenters. The summed E-state index contributed by atoms with van der Waals surface area (Å²) < 4.78 is 8.12. The molecule has 6 nitrogen and oxygen atoms in total. The minimum Gasteiger partial charge on any atom is -0.497 e. The van der Waals surface area contributed by atoms with E-state index in [2.05, 4.69) is 5.10 Å². The van der Waals surface area contributed by atoms with E-state index >= 15 is 0 Å². The molecule has 0 atom stereocenters. The molecule has 0 N–H and O–H groups in total. The van der Waals surface area contributed by atoms with Gasteiger partial charge < -0.3 is 4.74 Å². The van der Waals surface area contributed by atoms with E-state index in [1.165, 1.54) is 11.3 Å². The average molecular weight is 425 g/mol. The second kappa shape index (κ2) is 8.67. The fraction of sp³-hybridized carbons (Fsp3) is 0.190. The number of thioether (sulfide) groups is 1. The van der Waals surface area contributed by atoms with Crippen molar-refractivity contribution >= 4 is 44.4 Å². The molecule has 1 amide bonds. The van der Waals surface area contributed by atoms with Crippen molar-refractivity contribution in [3.63, 3.8) is 0 Å². The number of fused-ring (bicyclic) bond motifs is 1. The minimum atomic E-state index is -0.0619. The zero-order chi connectivity index (χ0) is 20.2. The van der Waals surface area contributed by atoms with E-state index in [1.807, 2.05) is 65.7 Å². The highest BCUT2D eigenvalue weighted by Gasteiger charge is 2.23. The minimum absolute atomic E-state index is 0.0619. The number of methoxy groups -OCH3 is 1. The van der Waals surface area contributed by atoms with Crippen LogP contribution in [0.5, 0.6) is 5.75 Å². The van der Waals surface area contributed by atoms with Crippen molar-refractivity contribution < 1.29 is 9.53 Å². The van der Waals surface area contributed by atoms with Crippen molar-refractivity contribution in [2.45, 2.75) is 11.4 Å². The first-order valence-electron chi connectivity index (χ1n) is 9.06. The highest BCUT2D eigenvalue weighted by molar-refractivity contribution is 7.98. The number of carbonyl (C=O) groups is 1. The molecule has 0 aliphatic heterocycles. The van der Waals surface area contributed by atoms with Crippen LogP contribution in [0.25, 0.3) is 10.2 Å². The molecule has 0 radical (unpaired) electrons. The molecule has 8 heteroatoms. The Morgan fingerprint density at radius 3 is 2.86 bits per heavy atom. The number of amides is 1. The van der Waals surface area contributed by atoms with E-state index in [-0.39, 0.29) is 5.91 Å². The Bertz CT molecular complexity index is 1120. The molecule has 4 aromatic rings. The van der Waals surface area contributed by atoms with Gasteiger partial charge in [0.2, 0.25) is 0 Å². The van der Waals surface area contributed by atoms with Crippen LogP contribution < -0.4 is 9.64 Å². The van der Waals surface area contributed by atoms with Crippen molar-refractivity contribution in [3.8, 4) is 5.75 Å². The summed E-state index contributed by atoms with van der Waals surface area (Å²) in [4.78, 5) is 20.9. The Kier molecular flexibility index (Phi) is 5.82. The van der Waals surface area contributed by atoms with Crippen LogP contribution >= 0.6 is 23.1 Å². The van der Waals surface area contributed by atoms with Crippen molar-refractivity contribution in [2.75, 3.05) is 24.8 Å². The Hall–Kier alpha value is -2.84. The summed E-state index contributed by atoms with van der Waals surface area (Å²) in [6.07, 6.45) is 5.60. The molecule has 0 saturated heterocycles. The molecule has 0 bridgehead atoms. The Balaban J connectivity index is 1.72. The van der Waals surface area contributed by atoms with E-state index in [1.54, 1.807) is 30.0 Å². The largest absolute Gasteiger partial charge is 0.497 e. The monoisotopic (exact) mass is 424 g/mol. The maximum Gasteiger partial charge on any atom is 0.261 e. The molecule has 0 aliphatic rings. The van der Waals surface area contributed by atoms with Crippen LogP contribution in [0.2, 0.25) is 0 Å². The van der Waals surface area contributed by atoms with Crippen molar-refractivity contribution in [3.05, 3.63) is 66.5 Å². The molecule has 29 heavy (non-hydrogen) atoms. The lowest BCUT2D eigenvalue weighted by atomic mass is 10.2. The van der Waals surface area contributed by atoms with Gasteiger partial charge in [0.15, 0.2) is 5.13 Å². The maximum atomic E-state index is 13.5. The maximum absolute atomic E-state index is 13.5. The molecular weight excluding hydrogens is 404 g/mol. The summed E-state index contributed by atoms with van der Waals surface area (Å²) in [5.74, 6) is 0.711. The highest BCUT2D eigenvalue weighted by Crippen LogP contribution is 2.33. The van der Waals surface area contributed by atoms with E-state index in [0.717, 1.165) is 20.9 Å². The van der Waals surface area contributed by atoms with Gasteiger partial charge in [-0.1, -0.05) is 23.5 Å².